The van der Waals surface area contributed by atoms with Gasteiger partial charge in [0.15, 0.2) is 0 Å². The van der Waals surface area contributed by atoms with Crippen molar-refractivity contribution in [2.75, 3.05) is 7.05 Å². The Labute approximate surface area is 139 Å². The minimum absolute atomic E-state index is 0.00790. The number of carbonyl (C=O) groups excluding carboxylic acids is 1. The van der Waals surface area contributed by atoms with Gasteiger partial charge < -0.3 is 10.0 Å². The first-order valence-electron chi connectivity index (χ1n) is 7.61. The summed E-state index contributed by atoms with van der Waals surface area (Å²) in [6.07, 6.45) is 1.44. The molecule has 1 aromatic heterocycles. The maximum absolute atomic E-state index is 12.6. The highest BCUT2D eigenvalue weighted by atomic mass is 16.3. The van der Waals surface area contributed by atoms with E-state index in [9.17, 15) is 14.7 Å². The van der Waals surface area contributed by atoms with Crippen LogP contribution in [0, 0.1) is 0 Å². The molecule has 0 aliphatic carbocycles. The van der Waals surface area contributed by atoms with Crippen molar-refractivity contribution in [3.63, 3.8) is 0 Å². The predicted octanol–water partition coefficient (Wildman–Crippen LogP) is 2.16. The number of nitrogens with zero attached hydrogens (tertiary/aromatic N) is 3. The van der Waals surface area contributed by atoms with E-state index < -0.39 is 11.1 Å². The largest absolute Gasteiger partial charge is 0.507 e. The van der Waals surface area contributed by atoms with E-state index in [1.54, 1.807) is 26.2 Å². The standard InChI is InChI=1S/C18H19N3O3/c1-18(2)15-14(17(24)21(18)4)16(23)20(3)13(19-15)10-12(22)11-8-6-5-7-9-11/h5-10,22H,1-4H3/b12-10-. The van der Waals surface area contributed by atoms with Crippen LogP contribution in [0.2, 0.25) is 0 Å². The number of aliphatic hydroxyl groups excluding tert-OH is 1. The van der Waals surface area contributed by atoms with Crippen molar-refractivity contribution in [1.29, 1.82) is 0 Å². The van der Waals surface area contributed by atoms with Crippen molar-refractivity contribution in [1.82, 2.24) is 14.5 Å². The van der Waals surface area contributed by atoms with Crippen LogP contribution in [0.25, 0.3) is 11.8 Å². The molecule has 0 unspecified atom stereocenters. The third kappa shape index (κ3) is 2.22. The van der Waals surface area contributed by atoms with Crippen LogP contribution in [0.4, 0.5) is 0 Å². The molecule has 1 N–H and O–H groups in total. The summed E-state index contributed by atoms with van der Waals surface area (Å²) >= 11 is 0. The van der Waals surface area contributed by atoms with Gasteiger partial charge in [0.25, 0.3) is 11.5 Å². The van der Waals surface area contributed by atoms with E-state index in [0.717, 1.165) is 0 Å². The summed E-state index contributed by atoms with van der Waals surface area (Å²) in [6.45, 7) is 3.68. The lowest BCUT2D eigenvalue weighted by Gasteiger charge is -2.27. The van der Waals surface area contributed by atoms with Crippen LogP contribution in [0.3, 0.4) is 0 Å². The summed E-state index contributed by atoms with van der Waals surface area (Å²) in [5.41, 5.74) is 0.0749. The number of aliphatic hydroxyl groups is 1. The zero-order valence-corrected chi connectivity index (χ0v) is 14.1. The van der Waals surface area contributed by atoms with Gasteiger partial charge in [-0.15, -0.1) is 0 Å². The second-order valence-electron chi connectivity index (χ2n) is 6.38. The lowest BCUT2D eigenvalue weighted by Crippen LogP contribution is -2.35. The number of fused-ring (bicyclic) bond motifs is 1. The highest BCUT2D eigenvalue weighted by Gasteiger charge is 2.44. The minimum Gasteiger partial charge on any atom is -0.507 e. The first-order valence-corrected chi connectivity index (χ1v) is 7.61. The Morgan fingerprint density at radius 3 is 2.42 bits per heavy atom. The van der Waals surface area contributed by atoms with E-state index >= 15 is 0 Å². The van der Waals surface area contributed by atoms with Gasteiger partial charge in [-0.3, -0.25) is 14.2 Å². The summed E-state index contributed by atoms with van der Waals surface area (Å²) < 4.78 is 1.28. The average molecular weight is 325 g/mol. The molecular weight excluding hydrogens is 306 g/mol. The number of aromatic nitrogens is 2. The van der Waals surface area contributed by atoms with Crippen LogP contribution in [-0.4, -0.2) is 32.5 Å². The van der Waals surface area contributed by atoms with Crippen molar-refractivity contribution >= 4 is 17.7 Å². The smallest absolute Gasteiger partial charge is 0.266 e. The Kier molecular flexibility index (Phi) is 3.55. The summed E-state index contributed by atoms with van der Waals surface area (Å²) in [4.78, 5) is 31.0. The lowest BCUT2D eigenvalue weighted by molar-refractivity contribution is 0.0687. The summed E-state index contributed by atoms with van der Waals surface area (Å²) in [5, 5.41) is 10.3. The van der Waals surface area contributed by atoms with Gasteiger partial charge in [-0.05, 0) is 13.8 Å². The van der Waals surface area contributed by atoms with Gasteiger partial charge in [-0.2, -0.15) is 0 Å². The number of benzene rings is 1. The van der Waals surface area contributed by atoms with Crippen LogP contribution < -0.4 is 5.56 Å². The third-order valence-corrected chi connectivity index (χ3v) is 4.60. The molecule has 24 heavy (non-hydrogen) atoms. The Hall–Kier alpha value is -2.89. The van der Waals surface area contributed by atoms with Crippen molar-refractivity contribution in [2.24, 2.45) is 7.05 Å². The number of rotatable bonds is 2. The highest BCUT2D eigenvalue weighted by Crippen LogP contribution is 2.34. The van der Waals surface area contributed by atoms with Crippen LogP contribution in [-0.2, 0) is 12.6 Å². The summed E-state index contributed by atoms with van der Waals surface area (Å²) in [5.74, 6) is -0.0178. The van der Waals surface area contributed by atoms with Crippen molar-refractivity contribution < 1.29 is 9.90 Å². The highest BCUT2D eigenvalue weighted by molar-refractivity contribution is 5.99. The molecule has 0 bridgehead atoms. The number of hydrogen-bond acceptors (Lipinski definition) is 4. The minimum atomic E-state index is -0.676. The fourth-order valence-electron chi connectivity index (χ4n) is 2.78. The third-order valence-electron chi connectivity index (χ3n) is 4.60. The molecule has 2 aromatic rings. The Morgan fingerprint density at radius 2 is 1.79 bits per heavy atom. The van der Waals surface area contributed by atoms with Gasteiger partial charge in [-0.1, -0.05) is 30.3 Å². The molecule has 3 rings (SSSR count). The Balaban J connectivity index is 2.20. The van der Waals surface area contributed by atoms with Gasteiger partial charge >= 0.3 is 0 Å². The van der Waals surface area contributed by atoms with Crippen LogP contribution in [0.1, 0.15) is 41.3 Å². The Bertz CT molecular complexity index is 911. The molecule has 0 saturated carbocycles. The first kappa shape index (κ1) is 16.0. The molecule has 124 valence electrons. The molecule has 1 aliphatic rings. The normalized spacial score (nSPS) is 16.4. The van der Waals surface area contributed by atoms with E-state index in [2.05, 4.69) is 4.98 Å². The molecule has 1 amide bonds. The number of amides is 1. The molecule has 0 atom stereocenters. The van der Waals surface area contributed by atoms with E-state index in [1.165, 1.54) is 15.5 Å². The molecule has 1 aliphatic heterocycles. The van der Waals surface area contributed by atoms with E-state index in [-0.39, 0.29) is 17.2 Å². The molecule has 2 heterocycles. The average Bonchev–Trinajstić information content (AvgIpc) is 2.73. The van der Waals surface area contributed by atoms with Crippen LogP contribution >= 0.6 is 0 Å². The van der Waals surface area contributed by atoms with Gasteiger partial charge in [-0.25, -0.2) is 4.98 Å². The molecular formula is C18H19N3O3. The maximum atomic E-state index is 12.6. The predicted molar refractivity (Wildman–Crippen MR) is 91.5 cm³/mol. The number of hydrogen-bond donors (Lipinski definition) is 1. The fourth-order valence-corrected chi connectivity index (χ4v) is 2.78. The Morgan fingerprint density at radius 1 is 1.17 bits per heavy atom. The van der Waals surface area contributed by atoms with E-state index in [1.807, 2.05) is 32.0 Å². The zero-order valence-electron chi connectivity index (χ0n) is 14.1. The van der Waals surface area contributed by atoms with E-state index in [0.29, 0.717) is 17.1 Å². The van der Waals surface area contributed by atoms with Crippen molar-refractivity contribution in [3.05, 3.63) is 63.3 Å². The first-order chi connectivity index (χ1) is 11.2. The topological polar surface area (TPSA) is 75.4 Å². The molecule has 0 spiro atoms. The second-order valence-corrected chi connectivity index (χ2v) is 6.38. The second kappa shape index (κ2) is 5.33. The fraction of sp³-hybridized carbons (Fsp3) is 0.278. The molecule has 1 aromatic carbocycles. The monoisotopic (exact) mass is 325 g/mol. The van der Waals surface area contributed by atoms with Gasteiger partial charge in [0.1, 0.15) is 17.1 Å². The van der Waals surface area contributed by atoms with Crippen molar-refractivity contribution in [3.8, 4) is 0 Å². The molecule has 0 fully saturated rings. The zero-order chi connectivity index (χ0) is 17.6. The van der Waals surface area contributed by atoms with Crippen LogP contribution in [0.15, 0.2) is 35.1 Å². The molecule has 6 heteroatoms. The van der Waals surface area contributed by atoms with Gasteiger partial charge in [0.05, 0.1) is 11.2 Å². The summed E-state index contributed by atoms with van der Waals surface area (Å²) in [6, 6.07) is 9.00. The quantitative estimate of drug-likeness (QED) is 0.859. The van der Waals surface area contributed by atoms with Gasteiger partial charge in [0.2, 0.25) is 0 Å². The molecule has 0 saturated heterocycles. The summed E-state index contributed by atoms with van der Waals surface area (Å²) in [7, 11) is 3.19. The number of carbonyl (C=O) groups is 1. The molecule has 6 nitrogen and oxygen atoms in total. The van der Waals surface area contributed by atoms with E-state index in [4.69, 9.17) is 0 Å². The SMILES string of the molecule is CN1C(=O)c2c(nc(/C=C(\O)c3ccccc3)n(C)c2=O)C1(C)C. The van der Waals surface area contributed by atoms with Crippen molar-refractivity contribution in [2.45, 2.75) is 19.4 Å². The molecule has 0 radical (unpaired) electrons. The van der Waals surface area contributed by atoms with Gasteiger partial charge in [0, 0.05) is 25.7 Å². The maximum Gasteiger partial charge on any atom is 0.266 e. The van der Waals surface area contributed by atoms with Crippen LogP contribution in [0.5, 0.6) is 0 Å². The lowest BCUT2D eigenvalue weighted by atomic mass is 10.0.